The van der Waals surface area contributed by atoms with Gasteiger partial charge in [-0.25, -0.2) is 8.42 Å². The lowest BCUT2D eigenvalue weighted by molar-refractivity contribution is 0.602. The number of rotatable bonds is 4. The Labute approximate surface area is 123 Å². The van der Waals surface area contributed by atoms with Crippen LogP contribution in [0.15, 0.2) is 59.6 Å². The third-order valence-corrected chi connectivity index (χ3v) is 4.58. The van der Waals surface area contributed by atoms with E-state index in [1.165, 1.54) is 17.2 Å². The van der Waals surface area contributed by atoms with Gasteiger partial charge in [0.05, 0.1) is 4.90 Å². The lowest BCUT2D eigenvalue weighted by Gasteiger charge is -2.08. The van der Waals surface area contributed by atoms with Crippen molar-refractivity contribution in [3.63, 3.8) is 0 Å². The molecule has 0 atom stereocenters. The third-order valence-electron chi connectivity index (χ3n) is 3.45. The summed E-state index contributed by atoms with van der Waals surface area (Å²) < 4.78 is 22.8. The second-order valence-electron chi connectivity index (χ2n) is 5.01. The summed E-state index contributed by atoms with van der Waals surface area (Å²) in [7, 11) is -3.14. The van der Waals surface area contributed by atoms with Crippen LogP contribution >= 0.6 is 0 Å². The Morgan fingerprint density at radius 1 is 1.05 bits per heavy atom. The smallest absolute Gasteiger partial charge is 0.175 e. The highest BCUT2D eigenvalue weighted by Crippen LogP contribution is 2.19. The monoisotopic (exact) mass is 300 g/mol. The van der Waals surface area contributed by atoms with E-state index in [1.807, 2.05) is 18.3 Å². The topological polar surface area (TPSA) is 62.0 Å². The first-order chi connectivity index (χ1) is 10.0. The Kier molecular flexibility index (Phi) is 3.43. The van der Waals surface area contributed by atoms with Crippen molar-refractivity contribution in [3.05, 3.63) is 60.3 Å². The molecule has 0 fully saturated rings. The van der Waals surface area contributed by atoms with Crippen molar-refractivity contribution in [3.8, 4) is 0 Å². The van der Waals surface area contributed by atoms with Gasteiger partial charge in [-0.2, -0.15) is 0 Å². The minimum atomic E-state index is -3.14. The Morgan fingerprint density at radius 3 is 2.52 bits per heavy atom. The molecule has 0 aliphatic heterocycles. The first-order valence-electron chi connectivity index (χ1n) is 6.63. The number of fused-ring (bicyclic) bond motifs is 1. The summed E-state index contributed by atoms with van der Waals surface area (Å²) in [6, 6.07) is 15.0. The van der Waals surface area contributed by atoms with Crippen LogP contribution in [0.1, 0.15) is 5.56 Å². The summed E-state index contributed by atoms with van der Waals surface area (Å²) in [5, 5.41) is 4.51. The average Bonchev–Trinajstić information content (AvgIpc) is 2.93. The van der Waals surface area contributed by atoms with Crippen molar-refractivity contribution in [2.75, 3.05) is 11.6 Å². The second-order valence-corrected chi connectivity index (χ2v) is 7.02. The van der Waals surface area contributed by atoms with Gasteiger partial charge >= 0.3 is 0 Å². The van der Waals surface area contributed by atoms with Crippen LogP contribution in [-0.2, 0) is 16.4 Å². The van der Waals surface area contributed by atoms with Crippen LogP contribution in [0.2, 0.25) is 0 Å². The molecule has 0 bridgehead atoms. The van der Waals surface area contributed by atoms with Crippen molar-refractivity contribution in [1.29, 1.82) is 0 Å². The maximum Gasteiger partial charge on any atom is 0.175 e. The predicted molar refractivity (Wildman–Crippen MR) is 85.2 cm³/mol. The molecule has 0 saturated heterocycles. The van der Waals surface area contributed by atoms with Gasteiger partial charge in [0.2, 0.25) is 0 Å². The van der Waals surface area contributed by atoms with Gasteiger partial charge in [0.1, 0.15) is 0 Å². The van der Waals surface area contributed by atoms with E-state index >= 15 is 0 Å². The molecule has 3 aromatic rings. The summed E-state index contributed by atoms with van der Waals surface area (Å²) in [6.45, 7) is 0.688. The van der Waals surface area contributed by atoms with Crippen LogP contribution in [0.25, 0.3) is 10.9 Å². The zero-order chi connectivity index (χ0) is 14.9. The van der Waals surface area contributed by atoms with Crippen molar-refractivity contribution in [2.45, 2.75) is 11.4 Å². The number of sulfone groups is 1. The molecule has 3 rings (SSSR count). The number of aromatic nitrogens is 1. The van der Waals surface area contributed by atoms with Gasteiger partial charge in [-0.15, -0.1) is 0 Å². The van der Waals surface area contributed by atoms with Gasteiger partial charge in [-0.3, -0.25) is 0 Å². The number of H-pyrrole nitrogens is 1. The fourth-order valence-electron chi connectivity index (χ4n) is 2.32. The predicted octanol–water partition coefficient (Wildman–Crippen LogP) is 3.18. The average molecular weight is 300 g/mol. The number of aromatic amines is 1. The van der Waals surface area contributed by atoms with Gasteiger partial charge in [-0.05, 0) is 42.0 Å². The molecule has 0 aliphatic rings. The van der Waals surface area contributed by atoms with Crippen LogP contribution in [0.5, 0.6) is 0 Å². The summed E-state index contributed by atoms with van der Waals surface area (Å²) in [5.41, 5.74) is 3.21. The van der Waals surface area contributed by atoms with Gasteiger partial charge in [-0.1, -0.05) is 12.1 Å². The molecule has 0 unspecified atom stereocenters. The molecule has 0 radical (unpaired) electrons. The van der Waals surface area contributed by atoms with E-state index in [0.717, 1.165) is 11.2 Å². The number of hydrogen-bond donors (Lipinski definition) is 2. The summed E-state index contributed by atoms with van der Waals surface area (Å²) in [4.78, 5) is 3.52. The molecular weight excluding hydrogens is 284 g/mol. The molecule has 0 spiro atoms. The third kappa shape index (κ3) is 2.92. The van der Waals surface area contributed by atoms with Crippen molar-refractivity contribution in [2.24, 2.45) is 0 Å². The Balaban J connectivity index is 1.77. The van der Waals surface area contributed by atoms with Crippen molar-refractivity contribution < 1.29 is 8.42 Å². The maximum absolute atomic E-state index is 11.4. The summed E-state index contributed by atoms with van der Waals surface area (Å²) in [6.07, 6.45) is 3.14. The van der Waals surface area contributed by atoms with Crippen LogP contribution in [0.3, 0.4) is 0 Å². The Bertz CT molecular complexity index is 865. The maximum atomic E-state index is 11.4. The van der Waals surface area contributed by atoms with Crippen LogP contribution in [0.4, 0.5) is 5.69 Å². The molecule has 1 heterocycles. The van der Waals surface area contributed by atoms with E-state index in [4.69, 9.17) is 0 Å². The molecule has 0 saturated carbocycles. The lowest BCUT2D eigenvalue weighted by Crippen LogP contribution is -2.01. The minimum Gasteiger partial charge on any atom is -0.381 e. The highest BCUT2D eigenvalue weighted by molar-refractivity contribution is 7.90. The van der Waals surface area contributed by atoms with E-state index in [2.05, 4.69) is 22.4 Å². The quantitative estimate of drug-likeness (QED) is 0.778. The fourth-order valence-corrected chi connectivity index (χ4v) is 2.95. The van der Waals surface area contributed by atoms with Crippen molar-refractivity contribution >= 4 is 26.4 Å². The van der Waals surface area contributed by atoms with E-state index in [0.29, 0.717) is 11.4 Å². The molecule has 4 nitrogen and oxygen atoms in total. The van der Waals surface area contributed by atoms with Crippen LogP contribution in [-0.4, -0.2) is 19.7 Å². The molecule has 108 valence electrons. The number of anilines is 1. The summed E-state index contributed by atoms with van der Waals surface area (Å²) in [5.74, 6) is 0. The first-order valence-corrected chi connectivity index (χ1v) is 8.52. The fraction of sp³-hybridized carbons (Fsp3) is 0.125. The SMILES string of the molecule is CS(=O)(=O)c1ccc(NCc2cccc3[nH]ccc23)cc1. The van der Waals surface area contributed by atoms with E-state index in [9.17, 15) is 8.42 Å². The largest absolute Gasteiger partial charge is 0.381 e. The zero-order valence-electron chi connectivity index (χ0n) is 11.6. The summed E-state index contributed by atoms with van der Waals surface area (Å²) >= 11 is 0. The van der Waals surface area contributed by atoms with E-state index < -0.39 is 9.84 Å². The van der Waals surface area contributed by atoms with Crippen molar-refractivity contribution in [1.82, 2.24) is 4.98 Å². The van der Waals surface area contributed by atoms with Crippen LogP contribution in [0, 0.1) is 0 Å². The minimum absolute atomic E-state index is 0.334. The standard InChI is InChI=1S/C16H16N2O2S/c1-21(19,20)14-7-5-13(6-8-14)18-11-12-3-2-4-16-15(12)9-10-17-16/h2-10,17-18H,11H2,1H3. The zero-order valence-corrected chi connectivity index (χ0v) is 12.4. The molecule has 0 amide bonds. The van der Waals surface area contributed by atoms with E-state index in [1.54, 1.807) is 24.3 Å². The van der Waals surface area contributed by atoms with Crippen LogP contribution < -0.4 is 5.32 Å². The Morgan fingerprint density at radius 2 is 1.81 bits per heavy atom. The lowest BCUT2D eigenvalue weighted by atomic mass is 10.1. The van der Waals surface area contributed by atoms with Gasteiger partial charge in [0, 0.05) is 35.6 Å². The number of hydrogen-bond acceptors (Lipinski definition) is 3. The van der Waals surface area contributed by atoms with Gasteiger partial charge < -0.3 is 10.3 Å². The highest BCUT2D eigenvalue weighted by atomic mass is 32.2. The Hall–Kier alpha value is -2.27. The number of nitrogens with one attached hydrogen (secondary N) is 2. The molecule has 0 aliphatic carbocycles. The molecule has 2 N–H and O–H groups in total. The normalized spacial score (nSPS) is 11.7. The first kappa shape index (κ1) is 13.7. The van der Waals surface area contributed by atoms with E-state index in [-0.39, 0.29) is 0 Å². The van der Waals surface area contributed by atoms with Gasteiger partial charge in [0.25, 0.3) is 0 Å². The number of benzene rings is 2. The highest BCUT2D eigenvalue weighted by Gasteiger charge is 2.06. The molecule has 21 heavy (non-hydrogen) atoms. The van der Waals surface area contributed by atoms with Gasteiger partial charge in [0.15, 0.2) is 9.84 Å². The molecular formula is C16H16N2O2S. The second kappa shape index (κ2) is 5.26. The molecule has 1 aromatic heterocycles. The molecule has 2 aromatic carbocycles. The molecule has 5 heteroatoms.